The van der Waals surface area contributed by atoms with Crippen molar-refractivity contribution in [3.63, 3.8) is 0 Å². The van der Waals surface area contributed by atoms with Crippen LogP contribution in [0, 0.1) is 0 Å². The molecule has 3 heterocycles. The Hall–Kier alpha value is -2.84. The van der Waals surface area contributed by atoms with Crippen LogP contribution in [0.3, 0.4) is 0 Å². The third-order valence-electron chi connectivity index (χ3n) is 3.64. The summed E-state index contributed by atoms with van der Waals surface area (Å²) in [6.07, 6.45) is 3.46. The van der Waals surface area contributed by atoms with Gasteiger partial charge in [0.05, 0.1) is 18.9 Å². The Kier molecular flexibility index (Phi) is 4.78. The van der Waals surface area contributed by atoms with Crippen LogP contribution in [0.15, 0.2) is 23.0 Å². The van der Waals surface area contributed by atoms with Crippen molar-refractivity contribution in [3.05, 3.63) is 24.4 Å². The van der Waals surface area contributed by atoms with Gasteiger partial charge in [0.25, 0.3) is 0 Å². The fourth-order valence-corrected chi connectivity index (χ4v) is 2.35. The van der Waals surface area contributed by atoms with Crippen LogP contribution in [-0.4, -0.2) is 56.6 Å². The first-order valence-electron chi connectivity index (χ1n) is 7.71. The lowest BCUT2D eigenvalue weighted by atomic mass is 9.99. The highest BCUT2D eigenvalue weighted by Gasteiger charge is 2.35. The molecule has 1 aliphatic rings. The Morgan fingerprint density at radius 2 is 2.00 bits per heavy atom. The first kappa shape index (κ1) is 16.0. The third kappa shape index (κ3) is 3.55. The van der Waals surface area contributed by atoms with Crippen molar-refractivity contribution in [3.8, 4) is 11.6 Å². The van der Waals surface area contributed by atoms with Crippen LogP contribution >= 0.6 is 0 Å². The van der Waals surface area contributed by atoms with Crippen LogP contribution in [-0.2, 0) is 14.3 Å². The van der Waals surface area contributed by atoms with Gasteiger partial charge >= 0.3 is 5.97 Å². The van der Waals surface area contributed by atoms with Gasteiger partial charge < -0.3 is 14.2 Å². The van der Waals surface area contributed by atoms with Crippen molar-refractivity contribution in [2.24, 2.45) is 0 Å². The molecule has 2 aromatic heterocycles. The molecule has 3 rings (SSSR count). The topological polar surface area (TPSA) is 111 Å². The van der Waals surface area contributed by atoms with Crippen molar-refractivity contribution in [1.29, 1.82) is 0 Å². The van der Waals surface area contributed by atoms with Crippen LogP contribution in [0.2, 0.25) is 0 Å². The molecule has 126 valence electrons. The summed E-state index contributed by atoms with van der Waals surface area (Å²) in [4.78, 5) is 37.3. The smallest absolute Gasteiger partial charge is 0.306 e. The Bertz CT molecular complexity index is 712. The number of aromatic nitrogens is 4. The van der Waals surface area contributed by atoms with E-state index in [1.165, 1.54) is 0 Å². The highest BCUT2D eigenvalue weighted by molar-refractivity contribution is 5.82. The number of hydrogen-bond acceptors (Lipinski definition) is 8. The predicted octanol–water partition coefficient (Wildman–Crippen LogP) is 0.796. The summed E-state index contributed by atoms with van der Waals surface area (Å²) in [7, 11) is 0. The summed E-state index contributed by atoms with van der Waals surface area (Å²) in [6.45, 7) is 3.06. The Labute approximate surface area is 138 Å². The van der Waals surface area contributed by atoms with Crippen molar-refractivity contribution in [2.45, 2.75) is 25.7 Å². The monoisotopic (exact) mass is 331 g/mol. The van der Waals surface area contributed by atoms with E-state index in [1.807, 2.05) is 0 Å². The van der Waals surface area contributed by atoms with Crippen LogP contribution in [0.25, 0.3) is 11.6 Å². The molecule has 9 nitrogen and oxygen atoms in total. The molecule has 0 unspecified atom stereocenters. The van der Waals surface area contributed by atoms with E-state index >= 15 is 0 Å². The number of amides is 1. The van der Waals surface area contributed by atoms with Crippen LogP contribution in [0.4, 0.5) is 0 Å². The number of hydrogen-bond donors (Lipinski definition) is 0. The maximum absolute atomic E-state index is 12.0. The zero-order chi connectivity index (χ0) is 16.9. The summed E-state index contributed by atoms with van der Waals surface area (Å²) in [6, 6.07) is 1.70. The SMILES string of the molecule is CCOC(=O)CCC(=O)N1CC(c2nc(-c3ncccn3)no2)C1. The number of nitrogens with zero attached hydrogens (tertiary/aromatic N) is 5. The van der Waals surface area contributed by atoms with E-state index in [4.69, 9.17) is 9.26 Å². The maximum atomic E-state index is 12.0. The molecular weight excluding hydrogens is 314 g/mol. The minimum atomic E-state index is -0.354. The standard InChI is InChI=1S/C15H17N5O4/c1-2-23-12(22)5-4-11(21)20-8-10(9-20)15-18-14(19-24-15)13-16-6-3-7-17-13/h3,6-7,10H,2,4-5,8-9H2,1H3. The zero-order valence-corrected chi connectivity index (χ0v) is 13.2. The van der Waals surface area contributed by atoms with Gasteiger partial charge in [-0.3, -0.25) is 9.59 Å². The molecule has 1 aliphatic heterocycles. The first-order chi connectivity index (χ1) is 11.7. The Morgan fingerprint density at radius 3 is 2.71 bits per heavy atom. The van der Waals surface area contributed by atoms with Gasteiger partial charge in [0.2, 0.25) is 23.4 Å². The average Bonchev–Trinajstić information content (AvgIpc) is 3.02. The van der Waals surface area contributed by atoms with Gasteiger partial charge in [-0.2, -0.15) is 4.98 Å². The van der Waals surface area contributed by atoms with E-state index in [9.17, 15) is 9.59 Å². The van der Waals surface area contributed by atoms with Crippen molar-refractivity contribution in [1.82, 2.24) is 25.0 Å². The molecule has 24 heavy (non-hydrogen) atoms. The van der Waals surface area contributed by atoms with E-state index in [2.05, 4.69) is 20.1 Å². The van der Waals surface area contributed by atoms with Crippen molar-refractivity contribution in [2.75, 3.05) is 19.7 Å². The van der Waals surface area contributed by atoms with E-state index in [1.54, 1.807) is 30.3 Å². The van der Waals surface area contributed by atoms with E-state index in [0.29, 0.717) is 37.2 Å². The number of carbonyl (C=O) groups excluding carboxylic acids is 2. The molecule has 2 aromatic rings. The maximum Gasteiger partial charge on any atom is 0.306 e. The van der Waals surface area contributed by atoms with Gasteiger partial charge in [-0.15, -0.1) is 0 Å². The fourth-order valence-electron chi connectivity index (χ4n) is 2.35. The third-order valence-corrected chi connectivity index (χ3v) is 3.64. The fraction of sp³-hybridized carbons (Fsp3) is 0.467. The summed E-state index contributed by atoms with van der Waals surface area (Å²) in [5.74, 6) is 0.762. The average molecular weight is 331 g/mol. The number of likely N-dealkylation sites (tertiary alicyclic amines) is 1. The summed E-state index contributed by atoms with van der Waals surface area (Å²) in [5.41, 5.74) is 0. The summed E-state index contributed by atoms with van der Waals surface area (Å²) < 4.78 is 10.0. The van der Waals surface area contributed by atoms with Crippen LogP contribution < -0.4 is 0 Å². The summed E-state index contributed by atoms with van der Waals surface area (Å²) in [5, 5.41) is 3.86. The van der Waals surface area contributed by atoms with Gasteiger partial charge in [-0.25, -0.2) is 9.97 Å². The molecule has 0 aromatic carbocycles. The predicted molar refractivity (Wildman–Crippen MR) is 80.5 cm³/mol. The molecule has 0 spiro atoms. The zero-order valence-electron chi connectivity index (χ0n) is 13.2. The van der Waals surface area contributed by atoms with Gasteiger partial charge in [-0.1, -0.05) is 5.16 Å². The number of carbonyl (C=O) groups is 2. The minimum Gasteiger partial charge on any atom is -0.466 e. The molecule has 0 radical (unpaired) electrons. The molecule has 0 atom stereocenters. The lowest BCUT2D eigenvalue weighted by Gasteiger charge is -2.37. The van der Waals surface area contributed by atoms with E-state index in [-0.39, 0.29) is 30.6 Å². The number of rotatable bonds is 6. The second-order valence-electron chi connectivity index (χ2n) is 5.33. The second kappa shape index (κ2) is 7.16. The first-order valence-corrected chi connectivity index (χ1v) is 7.71. The van der Waals surface area contributed by atoms with Crippen LogP contribution in [0.5, 0.6) is 0 Å². The number of esters is 1. The van der Waals surface area contributed by atoms with Crippen molar-refractivity contribution < 1.29 is 18.8 Å². The molecule has 0 saturated carbocycles. The second-order valence-corrected chi connectivity index (χ2v) is 5.33. The van der Waals surface area contributed by atoms with Gasteiger partial charge in [0.15, 0.2) is 0 Å². The highest BCUT2D eigenvalue weighted by Crippen LogP contribution is 2.27. The van der Waals surface area contributed by atoms with Crippen molar-refractivity contribution >= 4 is 11.9 Å². The van der Waals surface area contributed by atoms with Crippen LogP contribution in [0.1, 0.15) is 31.6 Å². The molecule has 0 bridgehead atoms. The normalized spacial score (nSPS) is 14.3. The molecule has 1 fully saturated rings. The Morgan fingerprint density at radius 1 is 1.25 bits per heavy atom. The van der Waals surface area contributed by atoms with Gasteiger partial charge in [0, 0.05) is 31.9 Å². The Balaban J connectivity index is 1.49. The van der Waals surface area contributed by atoms with Gasteiger partial charge in [-0.05, 0) is 13.0 Å². The minimum absolute atomic E-state index is 0.00139. The quantitative estimate of drug-likeness (QED) is 0.714. The van der Waals surface area contributed by atoms with E-state index in [0.717, 1.165) is 0 Å². The number of ether oxygens (including phenoxy) is 1. The van der Waals surface area contributed by atoms with Gasteiger partial charge in [0.1, 0.15) is 0 Å². The highest BCUT2D eigenvalue weighted by atomic mass is 16.5. The molecule has 1 amide bonds. The largest absolute Gasteiger partial charge is 0.466 e. The molecule has 0 aliphatic carbocycles. The molecule has 9 heteroatoms. The lowest BCUT2D eigenvalue weighted by molar-refractivity contribution is -0.146. The summed E-state index contributed by atoms with van der Waals surface area (Å²) >= 11 is 0. The van der Waals surface area contributed by atoms with E-state index < -0.39 is 0 Å². The lowest BCUT2D eigenvalue weighted by Crippen LogP contribution is -2.48. The molecular formula is C15H17N5O4. The molecule has 0 N–H and O–H groups in total. The molecule has 1 saturated heterocycles.